The van der Waals surface area contributed by atoms with Crippen LogP contribution in [0, 0.1) is 0 Å². The molecule has 0 radical (unpaired) electrons. The van der Waals surface area contributed by atoms with E-state index >= 15 is 0 Å². The van der Waals surface area contributed by atoms with E-state index in [1.54, 1.807) is 6.07 Å². The molecule has 1 unspecified atom stereocenters. The predicted molar refractivity (Wildman–Crippen MR) is 99.8 cm³/mol. The van der Waals surface area contributed by atoms with Crippen LogP contribution in [0.2, 0.25) is 0 Å². The van der Waals surface area contributed by atoms with Gasteiger partial charge in [0, 0.05) is 6.42 Å². The Kier molecular flexibility index (Phi) is 5.37. The number of benzene rings is 1. The lowest BCUT2D eigenvalue weighted by Gasteiger charge is -2.22. The first-order chi connectivity index (χ1) is 12.7. The van der Waals surface area contributed by atoms with Gasteiger partial charge in [-0.2, -0.15) is 0 Å². The van der Waals surface area contributed by atoms with E-state index in [0.717, 1.165) is 12.0 Å². The van der Waals surface area contributed by atoms with Gasteiger partial charge in [0.15, 0.2) is 0 Å². The maximum absolute atomic E-state index is 11.4. The quantitative estimate of drug-likeness (QED) is 0.809. The van der Waals surface area contributed by atoms with Crippen LogP contribution in [0.4, 0.5) is 0 Å². The second-order valence-corrected chi connectivity index (χ2v) is 7.90. The molecule has 144 valence electrons. The monoisotopic (exact) mass is 371 g/mol. The molecule has 2 aromatic rings. The van der Waals surface area contributed by atoms with Crippen LogP contribution in [0.15, 0.2) is 40.8 Å². The highest BCUT2D eigenvalue weighted by molar-refractivity contribution is 5.84. The number of ether oxygens (including phenoxy) is 1. The Bertz CT molecular complexity index is 816. The summed E-state index contributed by atoms with van der Waals surface area (Å²) in [5, 5.41) is 12.0. The summed E-state index contributed by atoms with van der Waals surface area (Å²) < 4.78 is 11.5. The molecule has 0 bridgehead atoms. The van der Waals surface area contributed by atoms with Gasteiger partial charge in [-0.3, -0.25) is 4.79 Å². The van der Waals surface area contributed by atoms with E-state index < -0.39 is 12.1 Å². The SMILES string of the molecule is CC(C)(C)c1ccc(C(OC[C@@H]2CCC(=O)N2)c2ccc(C(=O)O)o2)cc1. The first kappa shape index (κ1) is 19.2. The second kappa shape index (κ2) is 7.56. The molecule has 6 nitrogen and oxygen atoms in total. The number of amides is 1. The van der Waals surface area contributed by atoms with E-state index in [4.69, 9.17) is 14.3 Å². The molecule has 2 N–H and O–H groups in total. The van der Waals surface area contributed by atoms with Crippen molar-refractivity contribution in [2.75, 3.05) is 6.61 Å². The molecule has 1 aliphatic heterocycles. The molecular formula is C21H25NO5. The molecule has 2 atom stereocenters. The summed E-state index contributed by atoms with van der Waals surface area (Å²) >= 11 is 0. The Hall–Kier alpha value is -2.60. The average molecular weight is 371 g/mol. The van der Waals surface area contributed by atoms with Gasteiger partial charge in [-0.25, -0.2) is 4.79 Å². The number of carbonyl (C=O) groups excluding carboxylic acids is 1. The lowest BCUT2D eigenvalue weighted by molar-refractivity contribution is -0.119. The summed E-state index contributed by atoms with van der Waals surface area (Å²) in [4.78, 5) is 22.5. The van der Waals surface area contributed by atoms with Crippen LogP contribution in [-0.4, -0.2) is 29.6 Å². The molecule has 0 spiro atoms. The number of hydrogen-bond acceptors (Lipinski definition) is 4. The largest absolute Gasteiger partial charge is 0.475 e. The summed E-state index contributed by atoms with van der Waals surface area (Å²) in [6, 6.07) is 11.0. The minimum Gasteiger partial charge on any atom is -0.475 e. The minimum absolute atomic E-state index is 0.0286. The third-order valence-electron chi connectivity index (χ3n) is 4.72. The van der Waals surface area contributed by atoms with Crippen LogP contribution in [0.3, 0.4) is 0 Å². The fourth-order valence-corrected chi connectivity index (χ4v) is 3.12. The van der Waals surface area contributed by atoms with E-state index in [2.05, 4.69) is 26.1 Å². The summed E-state index contributed by atoms with van der Waals surface area (Å²) in [5.74, 6) is -0.786. The molecule has 1 fully saturated rings. The molecule has 6 heteroatoms. The number of carbonyl (C=O) groups is 2. The first-order valence-corrected chi connectivity index (χ1v) is 9.08. The smallest absolute Gasteiger partial charge is 0.371 e. The fraction of sp³-hybridized carbons (Fsp3) is 0.429. The van der Waals surface area contributed by atoms with Crippen molar-refractivity contribution in [2.45, 2.75) is 51.2 Å². The van der Waals surface area contributed by atoms with Gasteiger partial charge in [-0.05, 0) is 35.1 Å². The third kappa shape index (κ3) is 4.57. The Morgan fingerprint density at radius 1 is 1.26 bits per heavy atom. The van der Waals surface area contributed by atoms with Crippen molar-refractivity contribution in [1.82, 2.24) is 5.32 Å². The van der Waals surface area contributed by atoms with Gasteiger partial charge in [0.25, 0.3) is 0 Å². The molecule has 3 rings (SSSR count). The van der Waals surface area contributed by atoms with Crippen LogP contribution >= 0.6 is 0 Å². The molecule has 0 saturated carbocycles. The molecule has 0 aliphatic carbocycles. The maximum atomic E-state index is 11.4. The van der Waals surface area contributed by atoms with E-state index in [9.17, 15) is 9.59 Å². The van der Waals surface area contributed by atoms with Crippen molar-refractivity contribution in [3.8, 4) is 0 Å². The topological polar surface area (TPSA) is 88.8 Å². The van der Waals surface area contributed by atoms with Crippen molar-refractivity contribution in [3.63, 3.8) is 0 Å². The molecule has 1 saturated heterocycles. The van der Waals surface area contributed by atoms with Gasteiger partial charge in [-0.15, -0.1) is 0 Å². The van der Waals surface area contributed by atoms with Crippen LogP contribution < -0.4 is 5.32 Å². The van der Waals surface area contributed by atoms with Crippen LogP contribution in [0.1, 0.15) is 67.2 Å². The lowest BCUT2D eigenvalue weighted by Crippen LogP contribution is -2.30. The normalized spacial score (nSPS) is 18.3. The molecule has 1 amide bonds. The van der Waals surface area contributed by atoms with E-state index in [1.807, 2.05) is 24.3 Å². The highest BCUT2D eigenvalue weighted by Gasteiger charge is 2.26. The fourth-order valence-electron chi connectivity index (χ4n) is 3.12. The number of hydrogen-bond donors (Lipinski definition) is 2. The Labute approximate surface area is 158 Å². The van der Waals surface area contributed by atoms with Crippen LogP contribution in [-0.2, 0) is 14.9 Å². The number of carboxylic acid groups (broad SMARTS) is 1. The van der Waals surface area contributed by atoms with E-state index in [-0.39, 0.29) is 23.1 Å². The molecule has 1 aliphatic rings. The molecule has 27 heavy (non-hydrogen) atoms. The Balaban J connectivity index is 1.84. The van der Waals surface area contributed by atoms with Crippen molar-refractivity contribution >= 4 is 11.9 Å². The summed E-state index contributed by atoms with van der Waals surface area (Å²) in [6.07, 6.45) is 0.695. The number of rotatable bonds is 6. The molecule has 1 aromatic heterocycles. The van der Waals surface area contributed by atoms with E-state index in [1.165, 1.54) is 11.6 Å². The van der Waals surface area contributed by atoms with Gasteiger partial charge >= 0.3 is 5.97 Å². The van der Waals surface area contributed by atoms with Crippen LogP contribution in [0.25, 0.3) is 0 Å². The first-order valence-electron chi connectivity index (χ1n) is 9.08. The van der Waals surface area contributed by atoms with Gasteiger partial charge in [0.2, 0.25) is 11.7 Å². The number of furan rings is 1. The molecule has 1 aromatic carbocycles. The predicted octanol–water partition coefficient (Wildman–Crippen LogP) is 3.66. The van der Waals surface area contributed by atoms with Crippen molar-refractivity contribution < 1.29 is 23.8 Å². The zero-order chi connectivity index (χ0) is 19.6. The minimum atomic E-state index is -1.12. The summed E-state index contributed by atoms with van der Waals surface area (Å²) in [6.45, 7) is 6.76. The molecular weight excluding hydrogens is 346 g/mol. The zero-order valence-electron chi connectivity index (χ0n) is 15.8. The van der Waals surface area contributed by atoms with Crippen molar-refractivity contribution in [3.05, 3.63) is 59.0 Å². The highest BCUT2D eigenvalue weighted by atomic mass is 16.5. The van der Waals surface area contributed by atoms with Gasteiger partial charge in [0.05, 0.1) is 12.6 Å². The number of nitrogens with one attached hydrogen (secondary N) is 1. The highest BCUT2D eigenvalue weighted by Crippen LogP contribution is 2.31. The van der Waals surface area contributed by atoms with Crippen LogP contribution in [0.5, 0.6) is 0 Å². The number of carboxylic acids is 1. The average Bonchev–Trinajstić information content (AvgIpc) is 3.24. The van der Waals surface area contributed by atoms with Crippen molar-refractivity contribution in [1.29, 1.82) is 0 Å². The lowest BCUT2D eigenvalue weighted by atomic mass is 9.86. The summed E-state index contributed by atoms with van der Waals surface area (Å²) in [7, 11) is 0. The zero-order valence-corrected chi connectivity index (χ0v) is 15.8. The number of aromatic carboxylic acids is 1. The standard InChI is InChI=1S/C21H25NO5/c1-21(2,3)14-6-4-13(5-7-14)19(16-9-10-17(27-16)20(24)25)26-12-15-8-11-18(23)22-15/h4-7,9-10,15,19H,8,11-12H2,1-3H3,(H,22,23)(H,24,25)/t15-,19?/m0/s1. The van der Waals surface area contributed by atoms with Gasteiger partial charge in [-0.1, -0.05) is 45.0 Å². The Morgan fingerprint density at radius 3 is 2.48 bits per heavy atom. The van der Waals surface area contributed by atoms with E-state index in [0.29, 0.717) is 18.8 Å². The maximum Gasteiger partial charge on any atom is 0.371 e. The summed E-state index contributed by atoms with van der Waals surface area (Å²) in [5.41, 5.74) is 2.10. The second-order valence-electron chi connectivity index (χ2n) is 7.90. The molecule has 2 heterocycles. The van der Waals surface area contributed by atoms with Gasteiger partial charge in [0.1, 0.15) is 11.9 Å². The Morgan fingerprint density at radius 2 is 1.96 bits per heavy atom. The van der Waals surface area contributed by atoms with Gasteiger partial charge < -0.3 is 19.6 Å². The third-order valence-corrected chi connectivity index (χ3v) is 4.72. The van der Waals surface area contributed by atoms with Crippen molar-refractivity contribution in [2.24, 2.45) is 0 Å².